The molecule has 1 aliphatic heterocycles. The molecule has 0 aromatic heterocycles. The second-order valence-corrected chi connectivity index (χ2v) is 6.40. The molecule has 0 aliphatic carbocycles. The third kappa shape index (κ3) is 4.60. The Hall–Kier alpha value is -1.29. The van der Waals surface area contributed by atoms with Gasteiger partial charge in [-0.25, -0.2) is 4.39 Å². The number of hydrogen-bond donors (Lipinski definition) is 0. The van der Waals surface area contributed by atoms with E-state index in [0.29, 0.717) is 17.6 Å². The number of hydrogen-bond acceptors (Lipinski definition) is 2. The van der Waals surface area contributed by atoms with E-state index in [9.17, 15) is 9.18 Å². The summed E-state index contributed by atoms with van der Waals surface area (Å²) in [6.45, 7) is 5.92. The van der Waals surface area contributed by atoms with Gasteiger partial charge in [0.1, 0.15) is 11.6 Å². The summed E-state index contributed by atoms with van der Waals surface area (Å²) in [4.78, 5) is 13.9. The number of ether oxygens (including phenoxy) is 1. The summed E-state index contributed by atoms with van der Waals surface area (Å²) in [5, 5.41) is 0.0461. The monoisotopic (exact) mass is 313 g/mol. The Labute approximate surface area is 130 Å². The highest BCUT2D eigenvalue weighted by atomic mass is 35.5. The predicted octanol–water partition coefficient (Wildman–Crippen LogP) is 3.75. The van der Waals surface area contributed by atoms with Gasteiger partial charge in [-0.2, -0.15) is 0 Å². The lowest BCUT2D eigenvalue weighted by Crippen LogP contribution is -2.33. The smallest absolute Gasteiger partial charge is 0.260 e. The minimum atomic E-state index is -0.542. The summed E-state index contributed by atoms with van der Waals surface area (Å²) in [6, 6.07) is 4.18. The summed E-state index contributed by atoms with van der Waals surface area (Å²) < 4.78 is 18.6. The van der Waals surface area contributed by atoms with Crippen molar-refractivity contribution in [3.8, 4) is 5.75 Å². The normalized spacial score (nSPS) is 18.3. The molecule has 1 aromatic carbocycles. The number of halogens is 2. The summed E-state index contributed by atoms with van der Waals surface area (Å²) in [5.74, 6) is 0.972. The summed E-state index contributed by atoms with van der Waals surface area (Å²) >= 11 is 5.60. The van der Waals surface area contributed by atoms with Crippen molar-refractivity contribution in [1.29, 1.82) is 0 Å². The number of likely N-dealkylation sites (tertiary alicyclic amines) is 1. The van der Waals surface area contributed by atoms with E-state index < -0.39 is 5.82 Å². The van der Waals surface area contributed by atoms with E-state index in [4.69, 9.17) is 16.3 Å². The zero-order chi connectivity index (χ0) is 15.4. The molecular weight excluding hydrogens is 293 g/mol. The molecule has 116 valence electrons. The van der Waals surface area contributed by atoms with Crippen molar-refractivity contribution in [2.45, 2.75) is 26.7 Å². The number of amides is 1. The minimum Gasteiger partial charge on any atom is -0.484 e. The molecule has 1 saturated heterocycles. The Morgan fingerprint density at radius 3 is 2.95 bits per heavy atom. The van der Waals surface area contributed by atoms with Crippen molar-refractivity contribution in [1.82, 2.24) is 4.90 Å². The third-order valence-corrected chi connectivity index (χ3v) is 4.00. The van der Waals surface area contributed by atoms with Gasteiger partial charge in [-0.3, -0.25) is 4.79 Å². The van der Waals surface area contributed by atoms with Gasteiger partial charge >= 0.3 is 0 Å². The number of carbonyl (C=O) groups excluding carboxylic acids is 1. The SMILES string of the molecule is CC(C)CC1CCN(C(=O)COc2ccc(Cl)c(F)c2)C1. The number of benzene rings is 1. The largest absolute Gasteiger partial charge is 0.484 e. The molecule has 1 heterocycles. The third-order valence-electron chi connectivity index (χ3n) is 3.70. The highest BCUT2D eigenvalue weighted by Crippen LogP contribution is 2.24. The van der Waals surface area contributed by atoms with E-state index in [1.807, 2.05) is 4.90 Å². The lowest BCUT2D eigenvalue weighted by molar-refractivity contribution is -0.132. The van der Waals surface area contributed by atoms with Crippen LogP contribution in [0.3, 0.4) is 0 Å². The predicted molar refractivity (Wildman–Crippen MR) is 81.0 cm³/mol. The Morgan fingerprint density at radius 2 is 2.29 bits per heavy atom. The van der Waals surface area contributed by atoms with Crippen LogP contribution in [0.25, 0.3) is 0 Å². The van der Waals surface area contributed by atoms with Crippen LogP contribution in [0, 0.1) is 17.7 Å². The average Bonchev–Trinajstić information content (AvgIpc) is 2.87. The van der Waals surface area contributed by atoms with Crippen molar-refractivity contribution >= 4 is 17.5 Å². The van der Waals surface area contributed by atoms with Crippen molar-refractivity contribution in [3.63, 3.8) is 0 Å². The van der Waals surface area contributed by atoms with Gasteiger partial charge in [0.05, 0.1) is 5.02 Å². The van der Waals surface area contributed by atoms with Gasteiger partial charge in [0.2, 0.25) is 0 Å². The van der Waals surface area contributed by atoms with Gasteiger partial charge in [0.15, 0.2) is 6.61 Å². The van der Waals surface area contributed by atoms with E-state index in [1.165, 1.54) is 12.1 Å². The maximum absolute atomic E-state index is 13.3. The molecule has 0 saturated carbocycles. The van der Waals surface area contributed by atoms with Crippen LogP contribution >= 0.6 is 11.6 Å². The van der Waals surface area contributed by atoms with Crippen LogP contribution in [0.1, 0.15) is 26.7 Å². The zero-order valence-corrected chi connectivity index (χ0v) is 13.2. The van der Waals surface area contributed by atoms with Gasteiger partial charge in [-0.05, 0) is 36.8 Å². The van der Waals surface area contributed by atoms with Crippen LogP contribution in [-0.4, -0.2) is 30.5 Å². The van der Waals surface area contributed by atoms with Crippen molar-refractivity contribution < 1.29 is 13.9 Å². The molecule has 1 aromatic rings. The summed E-state index contributed by atoms with van der Waals surface area (Å²) in [6.07, 6.45) is 2.20. The zero-order valence-electron chi connectivity index (χ0n) is 12.4. The molecule has 2 rings (SSSR count). The Morgan fingerprint density at radius 1 is 1.52 bits per heavy atom. The van der Waals surface area contributed by atoms with Gasteiger partial charge in [0, 0.05) is 19.2 Å². The second kappa shape index (κ2) is 7.12. The fraction of sp³-hybridized carbons (Fsp3) is 0.562. The van der Waals surface area contributed by atoms with E-state index in [0.717, 1.165) is 25.9 Å². The first-order valence-corrected chi connectivity index (χ1v) is 7.69. The molecule has 0 N–H and O–H groups in total. The highest BCUT2D eigenvalue weighted by molar-refractivity contribution is 6.30. The summed E-state index contributed by atoms with van der Waals surface area (Å²) in [5.41, 5.74) is 0. The average molecular weight is 314 g/mol. The van der Waals surface area contributed by atoms with Gasteiger partial charge in [-0.1, -0.05) is 25.4 Å². The topological polar surface area (TPSA) is 29.5 Å². The van der Waals surface area contributed by atoms with E-state index in [1.54, 1.807) is 6.07 Å². The fourth-order valence-corrected chi connectivity index (χ4v) is 2.84. The van der Waals surface area contributed by atoms with Crippen molar-refractivity contribution in [2.75, 3.05) is 19.7 Å². The second-order valence-electron chi connectivity index (χ2n) is 5.99. The van der Waals surface area contributed by atoms with Crippen molar-refractivity contribution in [3.05, 3.63) is 29.0 Å². The first-order chi connectivity index (χ1) is 9.95. The standard InChI is InChI=1S/C16H21ClFNO2/c1-11(2)7-12-5-6-19(9-12)16(20)10-21-13-3-4-14(17)15(18)8-13/h3-4,8,11-12H,5-7,9-10H2,1-2H3. The maximum Gasteiger partial charge on any atom is 0.260 e. The molecule has 1 atom stereocenters. The number of nitrogens with zero attached hydrogens (tertiary/aromatic N) is 1. The Balaban J connectivity index is 1.81. The molecule has 0 spiro atoms. The van der Waals surface area contributed by atoms with Crippen LogP contribution in [-0.2, 0) is 4.79 Å². The first-order valence-electron chi connectivity index (χ1n) is 7.31. The molecule has 1 amide bonds. The minimum absolute atomic E-state index is 0.0448. The molecule has 5 heteroatoms. The Kier molecular flexibility index (Phi) is 5.45. The number of rotatable bonds is 5. The molecule has 1 unspecified atom stereocenters. The lowest BCUT2D eigenvalue weighted by atomic mass is 9.97. The molecule has 0 radical (unpaired) electrons. The lowest BCUT2D eigenvalue weighted by Gasteiger charge is -2.17. The Bertz CT molecular complexity index is 507. The van der Waals surface area contributed by atoms with Crippen LogP contribution in [0.5, 0.6) is 5.75 Å². The highest BCUT2D eigenvalue weighted by Gasteiger charge is 2.26. The quantitative estimate of drug-likeness (QED) is 0.828. The van der Waals surface area contributed by atoms with Gasteiger partial charge in [0.25, 0.3) is 5.91 Å². The molecule has 0 bridgehead atoms. The van der Waals surface area contributed by atoms with Crippen LogP contribution in [0.15, 0.2) is 18.2 Å². The first kappa shape index (κ1) is 16.1. The van der Waals surface area contributed by atoms with E-state index in [2.05, 4.69) is 13.8 Å². The van der Waals surface area contributed by atoms with E-state index in [-0.39, 0.29) is 17.5 Å². The molecular formula is C16H21ClFNO2. The number of carbonyl (C=O) groups is 1. The summed E-state index contributed by atoms with van der Waals surface area (Å²) in [7, 11) is 0. The molecule has 1 fully saturated rings. The van der Waals surface area contributed by atoms with Crippen LogP contribution in [0.4, 0.5) is 4.39 Å². The van der Waals surface area contributed by atoms with Crippen LogP contribution in [0.2, 0.25) is 5.02 Å². The fourth-order valence-electron chi connectivity index (χ4n) is 2.72. The van der Waals surface area contributed by atoms with Gasteiger partial charge in [-0.15, -0.1) is 0 Å². The molecule has 21 heavy (non-hydrogen) atoms. The molecule has 1 aliphatic rings. The molecule has 3 nitrogen and oxygen atoms in total. The van der Waals surface area contributed by atoms with E-state index >= 15 is 0 Å². The van der Waals surface area contributed by atoms with Gasteiger partial charge < -0.3 is 9.64 Å². The van der Waals surface area contributed by atoms with Crippen molar-refractivity contribution in [2.24, 2.45) is 11.8 Å². The maximum atomic E-state index is 13.3. The van der Waals surface area contributed by atoms with Crippen LogP contribution < -0.4 is 4.74 Å².